The molecule has 8 heteroatoms. The van der Waals surface area contributed by atoms with Gasteiger partial charge in [0, 0.05) is 30.4 Å². The lowest BCUT2D eigenvalue weighted by atomic mass is 9.83. The van der Waals surface area contributed by atoms with Crippen molar-refractivity contribution in [3.05, 3.63) is 76.9 Å². The Labute approximate surface area is 208 Å². The van der Waals surface area contributed by atoms with Gasteiger partial charge < -0.3 is 20.0 Å². The van der Waals surface area contributed by atoms with Crippen molar-refractivity contribution in [2.45, 2.75) is 32.6 Å². The Morgan fingerprint density at radius 1 is 1.03 bits per heavy atom. The normalized spacial score (nSPS) is 13.4. The Hall–Kier alpha value is -3.65. The van der Waals surface area contributed by atoms with Gasteiger partial charge in [-0.3, -0.25) is 9.59 Å². The summed E-state index contributed by atoms with van der Waals surface area (Å²) in [7, 11) is 1.62. The number of phenolic OH excluding ortho intramolecular Hbond substituents is 1. The number of anilines is 2. The molecule has 0 radical (unpaired) electrons. The number of amides is 2. The van der Waals surface area contributed by atoms with Crippen LogP contribution < -0.4 is 14.9 Å². The number of hydrogen-bond acceptors (Lipinski definition) is 4. The van der Waals surface area contributed by atoms with Gasteiger partial charge in [-0.25, -0.2) is 4.21 Å². The van der Waals surface area contributed by atoms with E-state index in [1.807, 2.05) is 30.3 Å². The van der Waals surface area contributed by atoms with E-state index >= 15 is 0 Å². The Morgan fingerprint density at radius 3 is 2.46 bits per heavy atom. The Bertz CT molecular complexity index is 1330. The number of carbonyl (C=O) groups excluding carboxylic acids is 2. The molecule has 182 valence electrons. The lowest BCUT2D eigenvalue weighted by molar-refractivity contribution is 0.0960. The van der Waals surface area contributed by atoms with Crippen LogP contribution in [0.1, 0.15) is 52.6 Å². The summed E-state index contributed by atoms with van der Waals surface area (Å²) in [5.41, 5.74) is 5.69. The fourth-order valence-electron chi connectivity index (χ4n) is 4.32. The Balaban J connectivity index is 1.70. The lowest BCUT2D eigenvalue weighted by Crippen LogP contribution is -2.37. The predicted molar refractivity (Wildman–Crippen MR) is 141 cm³/mol. The number of carbonyl (C=O) groups is 2. The summed E-state index contributed by atoms with van der Waals surface area (Å²) in [6.07, 6.45) is 0.633. The van der Waals surface area contributed by atoms with Crippen LogP contribution in [0.25, 0.3) is 11.1 Å². The maximum atomic E-state index is 13.3. The van der Waals surface area contributed by atoms with Gasteiger partial charge in [0.15, 0.2) is 0 Å². The molecule has 1 aliphatic rings. The number of phenols is 1. The topological polar surface area (TPSA) is 98.7 Å². The number of rotatable bonds is 5. The highest BCUT2D eigenvalue weighted by Crippen LogP contribution is 2.34. The molecular weight excluding hydrogens is 462 g/mol. The summed E-state index contributed by atoms with van der Waals surface area (Å²) >= 11 is -0.343. The number of nitrogens with one attached hydrogen (secondary N) is 2. The summed E-state index contributed by atoms with van der Waals surface area (Å²) in [6.45, 7) is 6.79. The highest BCUT2D eigenvalue weighted by molar-refractivity contribution is 7.67. The molecule has 3 aromatic carbocycles. The van der Waals surface area contributed by atoms with Gasteiger partial charge in [-0.2, -0.15) is 0 Å². The van der Waals surface area contributed by atoms with Crippen LogP contribution in [0.15, 0.2) is 54.6 Å². The van der Waals surface area contributed by atoms with Crippen molar-refractivity contribution < 1.29 is 18.9 Å². The average Bonchev–Trinajstić information content (AvgIpc) is 2.84. The summed E-state index contributed by atoms with van der Waals surface area (Å²) in [6, 6.07) is 16.4. The monoisotopic (exact) mass is 491 g/mol. The molecule has 0 aliphatic carbocycles. The minimum absolute atomic E-state index is 0.0454. The van der Waals surface area contributed by atoms with Crippen LogP contribution in [0, 0.1) is 0 Å². The van der Waals surface area contributed by atoms with E-state index < -0.39 is 0 Å². The van der Waals surface area contributed by atoms with E-state index in [1.165, 1.54) is 6.07 Å². The number of hydrogen-bond donors (Lipinski definition) is 4. The molecule has 7 nitrogen and oxygen atoms in total. The highest BCUT2D eigenvalue weighted by Gasteiger charge is 2.27. The number of fused-ring (bicyclic) bond motifs is 1. The minimum atomic E-state index is -0.343. The third kappa shape index (κ3) is 4.79. The van der Waals surface area contributed by atoms with E-state index in [9.17, 15) is 18.9 Å². The van der Waals surface area contributed by atoms with Crippen LogP contribution in [-0.2, 0) is 23.7 Å². The van der Waals surface area contributed by atoms with Crippen molar-refractivity contribution >= 4 is 35.0 Å². The van der Waals surface area contributed by atoms with Crippen molar-refractivity contribution in [3.63, 3.8) is 0 Å². The van der Waals surface area contributed by atoms with Crippen LogP contribution >= 0.6 is 0 Å². The standard InChI is InChI=1S/C27H29N3O4S/c1-27(2,3)18-6-9-20(22(14-18)25(32)28-4)16-5-8-21-17(13-16)11-12-30(26(21)33)19-7-10-24(31)23(15-19)29-35-34/h5-10,13-15,31,35H,11-12H2,1-4H3,(H,28,32)(H,29,34). The van der Waals surface area contributed by atoms with Gasteiger partial charge in [0.25, 0.3) is 11.8 Å². The van der Waals surface area contributed by atoms with E-state index in [0.717, 1.165) is 22.3 Å². The SMILES string of the molecule is CNC(=O)c1cc(C(C)(C)C)ccc1-c1ccc2c(c1)CCN(c1ccc(O)c(N[SH]=O)c1)C2=O. The summed E-state index contributed by atoms with van der Waals surface area (Å²) in [5, 5.41) is 12.7. The van der Waals surface area contributed by atoms with Crippen molar-refractivity contribution in [2.24, 2.45) is 0 Å². The van der Waals surface area contributed by atoms with E-state index in [0.29, 0.717) is 29.8 Å². The molecule has 35 heavy (non-hydrogen) atoms. The van der Waals surface area contributed by atoms with Crippen molar-refractivity contribution in [1.82, 2.24) is 5.32 Å². The number of aromatic hydroxyl groups is 1. The smallest absolute Gasteiger partial charge is 0.258 e. The quantitative estimate of drug-likeness (QED) is 0.318. The molecule has 4 rings (SSSR count). The minimum Gasteiger partial charge on any atom is -0.506 e. The lowest BCUT2D eigenvalue weighted by Gasteiger charge is -2.29. The summed E-state index contributed by atoms with van der Waals surface area (Å²) < 4.78 is 13.5. The molecule has 0 fully saturated rings. The first-order chi connectivity index (χ1) is 16.6. The second-order valence-electron chi connectivity index (χ2n) is 9.57. The first-order valence-electron chi connectivity index (χ1n) is 11.4. The fourth-order valence-corrected chi connectivity index (χ4v) is 4.60. The number of nitrogens with zero attached hydrogens (tertiary/aromatic N) is 1. The molecule has 0 aromatic heterocycles. The maximum Gasteiger partial charge on any atom is 0.258 e. The van der Waals surface area contributed by atoms with E-state index in [-0.39, 0.29) is 40.5 Å². The van der Waals surface area contributed by atoms with Gasteiger partial charge in [-0.1, -0.05) is 45.0 Å². The molecular formula is C27H29N3O4S. The first kappa shape index (κ1) is 24.5. The van der Waals surface area contributed by atoms with Gasteiger partial charge in [0.1, 0.15) is 17.6 Å². The second-order valence-corrected chi connectivity index (χ2v) is 9.98. The number of thiol groups is 1. The Kier molecular flexibility index (Phi) is 6.67. The summed E-state index contributed by atoms with van der Waals surface area (Å²) in [5.74, 6) is -0.347. The van der Waals surface area contributed by atoms with E-state index in [1.54, 1.807) is 30.1 Å². The zero-order valence-corrected chi connectivity index (χ0v) is 21.1. The highest BCUT2D eigenvalue weighted by atomic mass is 32.2. The number of benzene rings is 3. The van der Waals surface area contributed by atoms with E-state index in [4.69, 9.17) is 0 Å². The molecule has 0 atom stereocenters. The molecule has 0 bridgehead atoms. The fraction of sp³-hybridized carbons (Fsp3) is 0.259. The second kappa shape index (κ2) is 9.54. The molecule has 2 amide bonds. The van der Waals surface area contributed by atoms with Gasteiger partial charge in [0.2, 0.25) is 0 Å². The van der Waals surface area contributed by atoms with Crippen LogP contribution in [0.2, 0.25) is 0 Å². The molecule has 0 saturated carbocycles. The first-order valence-corrected chi connectivity index (χ1v) is 12.2. The summed E-state index contributed by atoms with van der Waals surface area (Å²) in [4.78, 5) is 27.7. The third-order valence-electron chi connectivity index (χ3n) is 6.31. The van der Waals surface area contributed by atoms with Gasteiger partial charge in [-0.05, 0) is 64.4 Å². The van der Waals surface area contributed by atoms with Gasteiger partial charge in [0.05, 0.1) is 5.69 Å². The van der Waals surface area contributed by atoms with Crippen LogP contribution in [0.5, 0.6) is 5.75 Å². The van der Waals surface area contributed by atoms with Gasteiger partial charge >= 0.3 is 0 Å². The molecule has 3 N–H and O–H groups in total. The van der Waals surface area contributed by atoms with Crippen molar-refractivity contribution in [2.75, 3.05) is 23.2 Å². The van der Waals surface area contributed by atoms with Crippen molar-refractivity contribution in [1.29, 1.82) is 0 Å². The van der Waals surface area contributed by atoms with E-state index in [2.05, 4.69) is 30.8 Å². The molecule has 0 unspecified atom stereocenters. The third-order valence-corrected chi connectivity index (χ3v) is 6.64. The zero-order valence-electron chi connectivity index (χ0n) is 20.2. The molecule has 3 aromatic rings. The molecule has 0 saturated heterocycles. The largest absolute Gasteiger partial charge is 0.506 e. The van der Waals surface area contributed by atoms with Crippen LogP contribution in [-0.4, -0.2) is 34.7 Å². The molecule has 1 heterocycles. The van der Waals surface area contributed by atoms with Crippen LogP contribution in [0.4, 0.5) is 11.4 Å². The molecule has 1 aliphatic heterocycles. The maximum absolute atomic E-state index is 13.3. The average molecular weight is 492 g/mol. The Morgan fingerprint density at radius 2 is 1.77 bits per heavy atom. The predicted octanol–water partition coefficient (Wildman–Crippen LogP) is 4.19. The van der Waals surface area contributed by atoms with Gasteiger partial charge in [-0.15, -0.1) is 0 Å². The van der Waals surface area contributed by atoms with Crippen LogP contribution in [0.3, 0.4) is 0 Å². The molecule has 0 spiro atoms. The van der Waals surface area contributed by atoms with Crippen molar-refractivity contribution in [3.8, 4) is 16.9 Å². The zero-order chi connectivity index (χ0) is 25.3.